The molecule has 2 aliphatic rings. The molecule has 1 aliphatic heterocycles. The maximum atomic E-state index is 12.5. The lowest BCUT2D eigenvalue weighted by atomic mass is 10.0. The van der Waals surface area contributed by atoms with E-state index in [4.69, 9.17) is 0 Å². The van der Waals surface area contributed by atoms with Crippen molar-refractivity contribution < 1.29 is 4.79 Å². The van der Waals surface area contributed by atoms with Crippen LogP contribution in [0.1, 0.15) is 46.0 Å². The molecule has 2 N–H and O–H groups in total. The Hall–Kier alpha value is -1.96. The molecule has 0 saturated heterocycles. The number of aliphatic imine (C=N–C) groups is 1. The zero-order valence-corrected chi connectivity index (χ0v) is 16.1. The average molecular weight is 407 g/mol. The van der Waals surface area contributed by atoms with E-state index in [0.717, 1.165) is 25.1 Å². The summed E-state index contributed by atoms with van der Waals surface area (Å²) in [5, 5.41) is 5.98. The predicted octanol–water partition coefficient (Wildman–Crippen LogP) is 3.65. The van der Waals surface area contributed by atoms with Gasteiger partial charge in [0.25, 0.3) is 0 Å². The van der Waals surface area contributed by atoms with Gasteiger partial charge in [0.1, 0.15) is 11.7 Å². The predicted molar refractivity (Wildman–Crippen MR) is 104 cm³/mol. The molecule has 0 radical (unpaired) electrons. The smallest absolute Gasteiger partial charge is 0.247 e. The lowest BCUT2D eigenvalue weighted by Crippen LogP contribution is -2.52. The Morgan fingerprint density at radius 3 is 2.96 bits per heavy atom. The lowest BCUT2D eigenvalue weighted by molar-refractivity contribution is -0.117. The molecule has 1 atom stereocenters. The minimum absolute atomic E-state index is 0.0297. The van der Waals surface area contributed by atoms with Crippen molar-refractivity contribution in [1.82, 2.24) is 9.97 Å². The molecule has 134 valence electrons. The number of hydrogen-bond acceptors (Lipinski definition) is 5. The van der Waals surface area contributed by atoms with Gasteiger partial charge >= 0.3 is 0 Å². The van der Waals surface area contributed by atoms with Gasteiger partial charge in [-0.25, -0.2) is 9.98 Å². The van der Waals surface area contributed by atoms with Gasteiger partial charge in [0.05, 0.1) is 6.20 Å². The van der Waals surface area contributed by atoms with Crippen LogP contribution in [0.5, 0.6) is 0 Å². The van der Waals surface area contributed by atoms with Crippen molar-refractivity contribution in [3.05, 3.63) is 18.5 Å². The van der Waals surface area contributed by atoms with E-state index in [1.54, 1.807) is 12.4 Å². The molecule has 2 heterocycles. The lowest BCUT2D eigenvalue weighted by Gasteiger charge is -2.40. The number of nitrogens with zero attached hydrogens (tertiary/aromatic N) is 4. The van der Waals surface area contributed by atoms with Crippen molar-refractivity contribution in [1.29, 1.82) is 0 Å². The van der Waals surface area contributed by atoms with Gasteiger partial charge in [-0.1, -0.05) is 25.8 Å². The highest BCUT2D eigenvalue weighted by atomic mass is 79.9. The Morgan fingerprint density at radius 2 is 2.28 bits per heavy atom. The van der Waals surface area contributed by atoms with E-state index in [-0.39, 0.29) is 11.9 Å². The summed E-state index contributed by atoms with van der Waals surface area (Å²) in [6, 6.07) is 0.177. The zero-order valence-electron chi connectivity index (χ0n) is 14.5. The Labute approximate surface area is 156 Å². The minimum atomic E-state index is -0.182. The van der Waals surface area contributed by atoms with Crippen molar-refractivity contribution in [3.63, 3.8) is 0 Å². The topological polar surface area (TPSA) is 82.5 Å². The van der Waals surface area contributed by atoms with Crippen LogP contribution >= 0.6 is 15.9 Å². The van der Waals surface area contributed by atoms with Crippen LogP contribution in [0.3, 0.4) is 0 Å². The van der Waals surface area contributed by atoms with Gasteiger partial charge in [0, 0.05) is 12.2 Å². The number of amidine groups is 1. The largest absolute Gasteiger partial charge is 0.340 e. The molecular weight excluding hydrogens is 384 g/mol. The maximum Gasteiger partial charge on any atom is 0.247 e. The minimum Gasteiger partial charge on any atom is -0.340 e. The summed E-state index contributed by atoms with van der Waals surface area (Å²) in [6.45, 7) is 3.93. The number of hydrogen-bond donors (Lipinski definition) is 2. The van der Waals surface area contributed by atoms with Crippen LogP contribution in [-0.2, 0) is 4.79 Å². The van der Waals surface area contributed by atoms with E-state index in [0.29, 0.717) is 22.4 Å². The number of allylic oxidation sites excluding steroid dienone is 1. The summed E-state index contributed by atoms with van der Waals surface area (Å²) in [7, 11) is 0. The van der Waals surface area contributed by atoms with Crippen LogP contribution in [0.15, 0.2) is 23.5 Å². The summed E-state index contributed by atoms with van der Waals surface area (Å²) in [6.07, 6.45) is 10.5. The van der Waals surface area contributed by atoms with Crippen molar-refractivity contribution in [2.45, 2.75) is 58.0 Å². The van der Waals surface area contributed by atoms with Crippen LogP contribution in [-0.4, -0.2) is 32.7 Å². The van der Waals surface area contributed by atoms with Crippen LogP contribution in [0.2, 0.25) is 0 Å². The Bertz CT molecular complexity index is 698. The fourth-order valence-electron chi connectivity index (χ4n) is 3.46. The Morgan fingerprint density at radius 1 is 1.52 bits per heavy atom. The second kappa shape index (κ2) is 7.95. The molecule has 0 bridgehead atoms. The number of amides is 1. The van der Waals surface area contributed by atoms with E-state index < -0.39 is 0 Å². The molecule has 1 amide bonds. The van der Waals surface area contributed by atoms with E-state index >= 15 is 0 Å². The fraction of sp³-hybridized carbons (Fsp3) is 0.529. The zero-order chi connectivity index (χ0) is 17.8. The summed E-state index contributed by atoms with van der Waals surface area (Å²) < 4.78 is 0.532. The van der Waals surface area contributed by atoms with Crippen LogP contribution < -0.4 is 15.5 Å². The summed E-state index contributed by atoms with van der Waals surface area (Å²) in [5.41, 5.74) is 0.675. The molecule has 7 nitrogen and oxygen atoms in total. The molecule has 0 spiro atoms. The quantitative estimate of drug-likeness (QED) is 0.452. The fourth-order valence-corrected chi connectivity index (χ4v) is 3.76. The monoisotopic (exact) mass is 406 g/mol. The highest BCUT2D eigenvalue weighted by molar-refractivity contribution is 9.18. The Kier molecular flexibility index (Phi) is 5.67. The number of fused-ring (bicyclic) bond motifs is 1. The molecule has 3 rings (SSSR count). The summed E-state index contributed by atoms with van der Waals surface area (Å²) >= 11 is 3.35. The second-order valence-corrected chi connectivity index (χ2v) is 6.97. The molecule has 1 aromatic rings. The molecule has 0 aromatic carbocycles. The molecule has 1 saturated carbocycles. The first-order chi connectivity index (χ1) is 12.1. The van der Waals surface area contributed by atoms with Gasteiger partial charge in [-0.3, -0.25) is 4.79 Å². The number of carbonyl (C=O) groups excluding carboxylic acids is 1. The molecule has 25 heavy (non-hydrogen) atoms. The van der Waals surface area contributed by atoms with Gasteiger partial charge in [-0.15, -0.1) is 0 Å². The first-order valence-corrected chi connectivity index (χ1v) is 9.51. The third-order valence-electron chi connectivity index (χ3n) is 4.57. The number of halogens is 1. The van der Waals surface area contributed by atoms with Crippen LogP contribution in [0.4, 0.5) is 17.5 Å². The van der Waals surface area contributed by atoms with Gasteiger partial charge in [-0.05, 0) is 42.1 Å². The second-order valence-electron chi connectivity index (χ2n) is 6.22. The molecule has 0 unspecified atom stereocenters. The first kappa shape index (κ1) is 17.8. The molecule has 1 aliphatic carbocycles. The first-order valence-electron chi connectivity index (χ1n) is 8.71. The van der Waals surface area contributed by atoms with Crippen LogP contribution in [0, 0.1) is 0 Å². The van der Waals surface area contributed by atoms with Crippen molar-refractivity contribution in [2.24, 2.45) is 4.99 Å². The number of anilines is 3. The van der Waals surface area contributed by atoms with Crippen LogP contribution in [0.25, 0.3) is 0 Å². The molecular formula is C17H23BrN6O. The van der Waals surface area contributed by atoms with Crippen molar-refractivity contribution in [3.8, 4) is 0 Å². The SMILES string of the molecule is C/C=C\N=C(Br)Nc1ncc2c(n1)N(C1CCCC1)[C@H](CC)C(=O)N2. The van der Waals surface area contributed by atoms with Gasteiger partial charge in [-0.2, -0.15) is 4.98 Å². The Balaban J connectivity index is 1.94. The number of nitrogens with one attached hydrogen (secondary N) is 2. The molecule has 8 heteroatoms. The highest BCUT2D eigenvalue weighted by Crippen LogP contribution is 2.37. The molecule has 1 fully saturated rings. The summed E-state index contributed by atoms with van der Waals surface area (Å²) in [4.78, 5) is 27.8. The van der Waals surface area contributed by atoms with Gasteiger partial charge in [0.2, 0.25) is 11.9 Å². The number of carbonyl (C=O) groups is 1. The maximum absolute atomic E-state index is 12.5. The van der Waals surface area contributed by atoms with E-state index in [9.17, 15) is 4.79 Å². The van der Waals surface area contributed by atoms with Gasteiger partial charge in [0.15, 0.2) is 10.6 Å². The number of rotatable bonds is 4. The molecule has 1 aromatic heterocycles. The average Bonchev–Trinajstić information content (AvgIpc) is 3.13. The van der Waals surface area contributed by atoms with Crippen molar-refractivity contribution >= 4 is 44.0 Å². The highest BCUT2D eigenvalue weighted by Gasteiger charge is 2.38. The third-order valence-corrected chi connectivity index (χ3v) is 4.97. The third kappa shape index (κ3) is 3.84. The van der Waals surface area contributed by atoms with E-state index in [1.807, 2.05) is 19.9 Å². The van der Waals surface area contributed by atoms with E-state index in [2.05, 4.69) is 46.4 Å². The van der Waals surface area contributed by atoms with Crippen molar-refractivity contribution in [2.75, 3.05) is 15.5 Å². The number of aromatic nitrogens is 2. The summed E-state index contributed by atoms with van der Waals surface area (Å²) in [5.74, 6) is 1.28. The normalized spacial score (nSPS) is 21.6. The van der Waals surface area contributed by atoms with E-state index in [1.165, 1.54) is 12.8 Å². The van der Waals surface area contributed by atoms with Gasteiger partial charge < -0.3 is 15.5 Å². The standard InChI is InChI=1S/C17H23BrN6O/c1-3-9-19-16(18)23-17-20-10-12-14(22-17)24(11-7-5-6-8-11)13(4-2)15(25)21-12/h3,9-11,13H,4-8H2,1-2H3,(H,21,25)(H,19,20,22,23)/b9-3-/t13-/m1/s1.